The predicted molar refractivity (Wildman–Crippen MR) is 41.9 cm³/mol. The van der Waals surface area contributed by atoms with Gasteiger partial charge in [-0.15, -0.1) is 0 Å². The van der Waals surface area contributed by atoms with Crippen molar-refractivity contribution in [3.8, 4) is 0 Å². The fourth-order valence-corrected chi connectivity index (χ4v) is 1.20. The summed E-state index contributed by atoms with van der Waals surface area (Å²) < 4.78 is 5.04. The molecule has 2 rings (SSSR count). The molecule has 0 aromatic carbocycles. The van der Waals surface area contributed by atoms with Gasteiger partial charge in [-0.2, -0.15) is 0 Å². The average Bonchev–Trinajstić information content (AvgIpc) is 2.36. The molecule has 0 amide bonds. The smallest absolute Gasteiger partial charge is 0.182 e. The second-order valence-electron chi connectivity index (χ2n) is 2.09. The molecule has 0 unspecified atom stereocenters. The largest absolute Gasteiger partial charge is 0.443 e. The third-order valence-corrected chi connectivity index (χ3v) is 1.79. The van der Waals surface area contributed by atoms with Crippen LogP contribution in [-0.2, 0) is 0 Å². The van der Waals surface area contributed by atoms with Crippen LogP contribution >= 0.6 is 12.2 Å². The number of oxazole rings is 1. The van der Waals surface area contributed by atoms with E-state index in [9.17, 15) is 0 Å². The summed E-state index contributed by atoms with van der Waals surface area (Å²) in [5.41, 5.74) is 0.831. The Morgan fingerprint density at radius 3 is 3.30 bits per heavy atom. The lowest BCUT2D eigenvalue weighted by molar-refractivity contribution is 0.547. The molecule has 0 aliphatic heterocycles. The van der Waals surface area contributed by atoms with Gasteiger partial charge in [0.05, 0.1) is 0 Å². The van der Waals surface area contributed by atoms with E-state index in [-0.39, 0.29) is 0 Å². The van der Waals surface area contributed by atoms with Crippen molar-refractivity contribution in [1.82, 2.24) is 4.98 Å². The standard InChI is InChI=1S/C7H5NOS/c10-6-3-1-2-5-7(6)8-4-9-5/h1-2,4H,3H2. The Kier molecular flexibility index (Phi) is 1.17. The number of rotatable bonds is 0. The molecular weight excluding hydrogens is 146 g/mol. The monoisotopic (exact) mass is 151 g/mol. The number of allylic oxidation sites excluding steroid dienone is 1. The van der Waals surface area contributed by atoms with Gasteiger partial charge in [-0.3, -0.25) is 0 Å². The Bertz CT molecular complexity index is 300. The maximum atomic E-state index is 5.04. The maximum Gasteiger partial charge on any atom is 0.182 e. The minimum Gasteiger partial charge on any atom is -0.443 e. The van der Waals surface area contributed by atoms with Gasteiger partial charge in [-0.1, -0.05) is 18.3 Å². The molecule has 0 N–H and O–H groups in total. The van der Waals surface area contributed by atoms with Gasteiger partial charge in [0.1, 0.15) is 5.69 Å². The van der Waals surface area contributed by atoms with E-state index in [1.165, 1.54) is 6.39 Å². The molecule has 0 fully saturated rings. The summed E-state index contributed by atoms with van der Waals surface area (Å²) in [4.78, 5) is 4.85. The van der Waals surface area contributed by atoms with E-state index >= 15 is 0 Å². The van der Waals surface area contributed by atoms with Gasteiger partial charge in [0.15, 0.2) is 12.2 Å². The first-order chi connectivity index (χ1) is 4.88. The van der Waals surface area contributed by atoms with Crippen LogP contribution in [0.1, 0.15) is 17.9 Å². The Morgan fingerprint density at radius 2 is 2.50 bits per heavy atom. The summed E-state index contributed by atoms with van der Waals surface area (Å²) in [6, 6.07) is 0. The normalized spacial score (nSPS) is 15.4. The zero-order valence-electron chi connectivity index (χ0n) is 5.20. The molecule has 2 nitrogen and oxygen atoms in total. The van der Waals surface area contributed by atoms with Crippen LogP contribution in [0.4, 0.5) is 0 Å². The lowest BCUT2D eigenvalue weighted by Gasteiger charge is -2.00. The van der Waals surface area contributed by atoms with Crippen LogP contribution in [0, 0.1) is 0 Å². The van der Waals surface area contributed by atoms with Gasteiger partial charge in [0.25, 0.3) is 0 Å². The highest BCUT2D eigenvalue weighted by Crippen LogP contribution is 2.17. The van der Waals surface area contributed by atoms with Crippen molar-refractivity contribution in [3.05, 3.63) is 23.9 Å². The topological polar surface area (TPSA) is 26.0 Å². The Hall–Kier alpha value is -0.960. The van der Waals surface area contributed by atoms with Crippen molar-refractivity contribution in [2.75, 3.05) is 0 Å². The van der Waals surface area contributed by atoms with Gasteiger partial charge in [-0.05, 0) is 6.08 Å². The SMILES string of the molecule is S=C1CC=Cc2ocnc21. The number of thiocarbonyl (C=S) groups is 1. The second kappa shape index (κ2) is 2.02. The summed E-state index contributed by atoms with van der Waals surface area (Å²) in [5.74, 6) is 0.788. The van der Waals surface area contributed by atoms with Crippen molar-refractivity contribution in [1.29, 1.82) is 0 Å². The molecule has 0 spiro atoms. The summed E-state index contributed by atoms with van der Waals surface area (Å²) in [5, 5.41) is 0. The molecule has 0 bridgehead atoms. The van der Waals surface area contributed by atoms with E-state index in [1.807, 2.05) is 12.2 Å². The molecule has 0 atom stereocenters. The Morgan fingerprint density at radius 1 is 1.60 bits per heavy atom. The van der Waals surface area contributed by atoms with Crippen LogP contribution in [0.25, 0.3) is 6.08 Å². The highest BCUT2D eigenvalue weighted by atomic mass is 32.1. The van der Waals surface area contributed by atoms with Crippen molar-refractivity contribution in [2.45, 2.75) is 6.42 Å². The minimum atomic E-state index is 0.788. The van der Waals surface area contributed by atoms with E-state index in [4.69, 9.17) is 16.6 Å². The molecule has 3 heteroatoms. The summed E-state index contributed by atoms with van der Waals surface area (Å²) >= 11 is 5.04. The number of hydrogen-bond donors (Lipinski definition) is 0. The lowest BCUT2D eigenvalue weighted by atomic mass is 10.1. The molecular formula is C7H5NOS. The van der Waals surface area contributed by atoms with Gasteiger partial charge >= 0.3 is 0 Å². The summed E-state index contributed by atoms with van der Waals surface area (Å²) in [6.45, 7) is 0. The first kappa shape index (κ1) is 5.80. The number of fused-ring (bicyclic) bond motifs is 1. The Labute approximate surface area is 63.6 Å². The van der Waals surface area contributed by atoms with Gasteiger partial charge < -0.3 is 4.42 Å². The second-order valence-corrected chi connectivity index (χ2v) is 2.59. The average molecular weight is 151 g/mol. The molecule has 1 aromatic rings. The van der Waals surface area contributed by atoms with E-state index < -0.39 is 0 Å². The van der Waals surface area contributed by atoms with E-state index in [0.29, 0.717) is 0 Å². The highest BCUT2D eigenvalue weighted by molar-refractivity contribution is 7.80. The summed E-state index contributed by atoms with van der Waals surface area (Å²) in [6.07, 6.45) is 6.12. The maximum absolute atomic E-state index is 5.04. The third kappa shape index (κ3) is 0.708. The molecule has 0 radical (unpaired) electrons. The zero-order valence-corrected chi connectivity index (χ0v) is 6.02. The van der Waals surface area contributed by atoms with Crippen LogP contribution < -0.4 is 0 Å². The summed E-state index contributed by atoms with van der Waals surface area (Å²) in [7, 11) is 0. The zero-order chi connectivity index (χ0) is 6.97. The molecule has 1 heterocycles. The van der Waals surface area contributed by atoms with Crippen molar-refractivity contribution in [3.63, 3.8) is 0 Å². The Balaban J connectivity index is 2.62. The van der Waals surface area contributed by atoms with Crippen LogP contribution in [0.2, 0.25) is 0 Å². The highest BCUT2D eigenvalue weighted by Gasteiger charge is 2.12. The van der Waals surface area contributed by atoms with Gasteiger partial charge in [0.2, 0.25) is 0 Å². The van der Waals surface area contributed by atoms with Crippen LogP contribution in [0.5, 0.6) is 0 Å². The fraction of sp³-hybridized carbons (Fsp3) is 0.143. The van der Waals surface area contributed by atoms with Crippen molar-refractivity contribution >= 4 is 23.2 Å². The quantitative estimate of drug-likeness (QED) is 0.529. The fourth-order valence-electron chi connectivity index (χ4n) is 0.953. The van der Waals surface area contributed by atoms with Crippen molar-refractivity contribution in [2.24, 2.45) is 0 Å². The first-order valence-corrected chi connectivity index (χ1v) is 3.42. The minimum absolute atomic E-state index is 0.788. The molecule has 50 valence electrons. The number of nitrogens with zero attached hydrogens (tertiary/aromatic N) is 1. The van der Waals surface area contributed by atoms with Crippen LogP contribution in [0.15, 0.2) is 16.9 Å². The van der Waals surface area contributed by atoms with Gasteiger partial charge in [-0.25, -0.2) is 4.98 Å². The van der Waals surface area contributed by atoms with Crippen LogP contribution in [-0.4, -0.2) is 9.85 Å². The van der Waals surface area contributed by atoms with Gasteiger partial charge in [0, 0.05) is 11.3 Å². The first-order valence-electron chi connectivity index (χ1n) is 3.01. The molecule has 1 aliphatic carbocycles. The predicted octanol–water partition coefficient (Wildman–Crippen LogP) is 1.81. The third-order valence-electron chi connectivity index (χ3n) is 1.43. The molecule has 0 saturated carbocycles. The molecule has 0 saturated heterocycles. The van der Waals surface area contributed by atoms with E-state index in [1.54, 1.807) is 0 Å². The lowest BCUT2D eigenvalue weighted by Crippen LogP contribution is -2.01. The van der Waals surface area contributed by atoms with Crippen molar-refractivity contribution < 1.29 is 4.42 Å². The number of aromatic nitrogens is 1. The van der Waals surface area contributed by atoms with E-state index in [0.717, 1.165) is 22.7 Å². The van der Waals surface area contributed by atoms with Crippen LogP contribution in [0.3, 0.4) is 0 Å². The molecule has 1 aromatic heterocycles. The number of hydrogen-bond acceptors (Lipinski definition) is 3. The molecule has 10 heavy (non-hydrogen) atoms. The molecule has 1 aliphatic rings. The van der Waals surface area contributed by atoms with E-state index in [2.05, 4.69) is 4.98 Å².